The van der Waals surface area contributed by atoms with E-state index >= 15 is 0 Å². The van der Waals surface area contributed by atoms with Crippen LogP contribution in [0.4, 0.5) is 4.39 Å². The summed E-state index contributed by atoms with van der Waals surface area (Å²) in [7, 11) is 0. The molecular formula is C24H21FO3S. The van der Waals surface area contributed by atoms with E-state index in [-0.39, 0.29) is 17.1 Å². The number of carbonyl (C=O) groups is 2. The number of hydrogen-bond acceptors (Lipinski definition) is 4. The number of rotatable bonds is 6. The van der Waals surface area contributed by atoms with Crippen LogP contribution in [0.2, 0.25) is 0 Å². The van der Waals surface area contributed by atoms with E-state index in [4.69, 9.17) is 0 Å². The molecule has 0 aliphatic rings. The molecule has 3 aromatic carbocycles. The number of halogens is 1. The molecule has 3 aromatic rings. The quantitative estimate of drug-likeness (QED) is 0.578. The van der Waals surface area contributed by atoms with E-state index in [1.54, 1.807) is 25.1 Å². The summed E-state index contributed by atoms with van der Waals surface area (Å²) >= 11 is 0.899. The molecule has 3 nitrogen and oxygen atoms in total. The highest BCUT2D eigenvalue weighted by Gasteiger charge is 2.23. The second kappa shape index (κ2) is 9.05. The van der Waals surface area contributed by atoms with Crippen molar-refractivity contribution in [1.29, 1.82) is 0 Å². The Morgan fingerprint density at radius 1 is 1.03 bits per heavy atom. The van der Waals surface area contributed by atoms with Crippen LogP contribution in [-0.4, -0.2) is 21.3 Å². The Morgan fingerprint density at radius 3 is 2.38 bits per heavy atom. The maximum absolute atomic E-state index is 14.2. The Bertz CT molecular complexity index is 1050. The molecule has 148 valence electrons. The molecule has 3 rings (SSSR count). The minimum Gasteiger partial charge on any atom is -0.507 e. The van der Waals surface area contributed by atoms with Crippen LogP contribution < -0.4 is 0 Å². The van der Waals surface area contributed by atoms with Crippen molar-refractivity contribution >= 4 is 22.7 Å². The maximum Gasteiger partial charge on any atom is 0.223 e. The molecule has 0 aromatic heterocycles. The highest BCUT2D eigenvalue weighted by molar-refractivity contribution is 8.15. The van der Waals surface area contributed by atoms with Crippen LogP contribution >= 0.6 is 11.8 Å². The third-order valence-corrected chi connectivity index (χ3v) is 5.84. The van der Waals surface area contributed by atoms with Crippen molar-refractivity contribution in [3.63, 3.8) is 0 Å². The van der Waals surface area contributed by atoms with Gasteiger partial charge in [-0.25, -0.2) is 4.39 Å². The molecule has 1 unspecified atom stereocenters. The Labute approximate surface area is 173 Å². The topological polar surface area (TPSA) is 54.4 Å². The van der Waals surface area contributed by atoms with Crippen LogP contribution in [0.5, 0.6) is 5.75 Å². The lowest BCUT2D eigenvalue weighted by Gasteiger charge is -2.14. The number of phenolic OH excluding ortho intramolecular Hbond substituents is 1. The fourth-order valence-electron chi connectivity index (χ4n) is 3.02. The number of Topliss-reactive ketones (excluding diaryl/α,β-unsaturated/α-hetero) is 1. The molecular weight excluding hydrogens is 387 g/mol. The van der Waals surface area contributed by atoms with Crippen molar-refractivity contribution < 1.29 is 19.1 Å². The molecule has 0 bridgehead atoms. The van der Waals surface area contributed by atoms with Crippen LogP contribution in [-0.2, 0) is 11.2 Å². The number of hydrogen-bond donors (Lipinski definition) is 1. The van der Waals surface area contributed by atoms with Gasteiger partial charge in [0.1, 0.15) is 17.3 Å². The summed E-state index contributed by atoms with van der Waals surface area (Å²) in [6.07, 6.45) is 0.431. The van der Waals surface area contributed by atoms with Gasteiger partial charge in [0.25, 0.3) is 0 Å². The summed E-state index contributed by atoms with van der Waals surface area (Å²) in [4.78, 5) is 24.7. The number of aryl methyl sites for hydroxylation is 1. The number of aromatic hydroxyl groups is 1. The van der Waals surface area contributed by atoms with E-state index in [9.17, 15) is 19.1 Å². The molecule has 0 heterocycles. The average Bonchev–Trinajstić information content (AvgIpc) is 2.68. The van der Waals surface area contributed by atoms with Gasteiger partial charge < -0.3 is 5.11 Å². The van der Waals surface area contributed by atoms with E-state index < -0.39 is 16.2 Å². The summed E-state index contributed by atoms with van der Waals surface area (Å²) in [5.74, 6) is -0.732. The van der Waals surface area contributed by atoms with Gasteiger partial charge in [-0.15, -0.1) is 0 Å². The van der Waals surface area contributed by atoms with Gasteiger partial charge in [0.15, 0.2) is 0 Å². The minimum absolute atomic E-state index is 0.102. The lowest BCUT2D eigenvalue weighted by atomic mass is 10.0. The first-order chi connectivity index (χ1) is 13.8. The monoisotopic (exact) mass is 408 g/mol. The number of benzene rings is 3. The molecule has 0 saturated carbocycles. The number of thioether (sulfide) groups is 1. The van der Waals surface area contributed by atoms with E-state index in [1.165, 1.54) is 25.1 Å². The summed E-state index contributed by atoms with van der Waals surface area (Å²) in [5, 5.41) is 9.43. The van der Waals surface area contributed by atoms with Crippen LogP contribution in [0.25, 0.3) is 11.1 Å². The molecule has 0 spiro atoms. The van der Waals surface area contributed by atoms with Gasteiger partial charge in [-0.2, -0.15) is 0 Å². The Morgan fingerprint density at radius 2 is 1.76 bits per heavy atom. The SMILES string of the molecule is CC(=O)C(Cc1ccccc1)SC(=O)c1ccc(-c2ccc(C)cc2F)cc1O. The van der Waals surface area contributed by atoms with Crippen LogP contribution in [0.3, 0.4) is 0 Å². The molecule has 1 N–H and O–H groups in total. The first kappa shape index (κ1) is 20.8. The molecule has 0 saturated heterocycles. The van der Waals surface area contributed by atoms with Crippen molar-refractivity contribution in [1.82, 2.24) is 0 Å². The molecule has 29 heavy (non-hydrogen) atoms. The Hall–Kier alpha value is -2.92. The van der Waals surface area contributed by atoms with E-state index in [0.29, 0.717) is 17.5 Å². The van der Waals surface area contributed by atoms with Crippen LogP contribution in [0.15, 0.2) is 66.7 Å². The average molecular weight is 408 g/mol. The molecule has 0 fully saturated rings. The molecule has 1 atom stereocenters. The highest BCUT2D eigenvalue weighted by atomic mass is 32.2. The van der Waals surface area contributed by atoms with Crippen LogP contribution in [0.1, 0.15) is 28.4 Å². The number of ketones is 1. The fraction of sp³-hybridized carbons (Fsp3) is 0.167. The second-order valence-corrected chi connectivity index (χ2v) is 8.09. The standard InChI is InChI=1S/C24H21FO3S/c1-15-8-10-19(21(25)12-15)18-9-11-20(22(27)14-18)24(28)29-23(16(2)26)13-17-6-4-3-5-7-17/h3-12,14,23,27H,13H2,1-2H3. The zero-order valence-electron chi connectivity index (χ0n) is 16.2. The summed E-state index contributed by atoms with van der Waals surface area (Å²) in [6.45, 7) is 3.25. The van der Waals surface area contributed by atoms with E-state index in [0.717, 1.165) is 22.9 Å². The largest absolute Gasteiger partial charge is 0.507 e. The lowest BCUT2D eigenvalue weighted by Crippen LogP contribution is -2.19. The Balaban J connectivity index is 1.80. The second-order valence-electron chi connectivity index (χ2n) is 6.91. The summed E-state index contributed by atoms with van der Waals surface area (Å²) in [5.41, 5.74) is 2.69. The van der Waals surface area contributed by atoms with Crippen molar-refractivity contribution in [3.05, 3.63) is 89.2 Å². The predicted molar refractivity (Wildman–Crippen MR) is 115 cm³/mol. The van der Waals surface area contributed by atoms with Gasteiger partial charge in [0.2, 0.25) is 5.12 Å². The predicted octanol–water partition coefficient (Wildman–Crippen LogP) is 5.58. The third kappa shape index (κ3) is 5.12. The van der Waals surface area contributed by atoms with Crippen molar-refractivity contribution in [2.24, 2.45) is 0 Å². The van der Waals surface area contributed by atoms with Crippen molar-refractivity contribution in [2.75, 3.05) is 0 Å². The summed E-state index contributed by atoms with van der Waals surface area (Å²) < 4.78 is 14.2. The van der Waals surface area contributed by atoms with Crippen molar-refractivity contribution in [2.45, 2.75) is 25.5 Å². The van der Waals surface area contributed by atoms with Crippen molar-refractivity contribution in [3.8, 4) is 16.9 Å². The maximum atomic E-state index is 14.2. The van der Waals surface area contributed by atoms with E-state index in [1.807, 2.05) is 30.3 Å². The number of phenols is 1. The normalized spacial score (nSPS) is 11.8. The summed E-state index contributed by atoms with van der Waals surface area (Å²) in [6, 6.07) is 18.8. The minimum atomic E-state index is -0.543. The Kier molecular flexibility index (Phi) is 6.49. The molecule has 0 aliphatic carbocycles. The van der Waals surface area contributed by atoms with Crippen LogP contribution in [0, 0.1) is 12.7 Å². The van der Waals surface area contributed by atoms with E-state index in [2.05, 4.69) is 0 Å². The van der Waals surface area contributed by atoms with Gasteiger partial charge >= 0.3 is 0 Å². The third-order valence-electron chi connectivity index (χ3n) is 4.62. The molecule has 0 amide bonds. The molecule has 0 radical (unpaired) electrons. The van der Waals surface area contributed by atoms with Gasteiger partial charge in [-0.05, 0) is 55.2 Å². The zero-order valence-corrected chi connectivity index (χ0v) is 17.0. The lowest BCUT2D eigenvalue weighted by molar-refractivity contribution is -0.116. The molecule has 0 aliphatic heterocycles. The van der Waals surface area contributed by atoms with Gasteiger partial charge in [0, 0.05) is 5.56 Å². The number of carbonyl (C=O) groups excluding carboxylic acids is 2. The first-order valence-corrected chi connectivity index (χ1v) is 10.1. The first-order valence-electron chi connectivity index (χ1n) is 9.20. The smallest absolute Gasteiger partial charge is 0.223 e. The van der Waals surface area contributed by atoms with Gasteiger partial charge in [-0.3, -0.25) is 9.59 Å². The van der Waals surface area contributed by atoms with Gasteiger partial charge in [-0.1, -0.05) is 60.3 Å². The fourth-order valence-corrected chi connectivity index (χ4v) is 4.02. The highest BCUT2D eigenvalue weighted by Crippen LogP contribution is 2.32. The van der Waals surface area contributed by atoms with Gasteiger partial charge in [0.05, 0.1) is 10.8 Å². The zero-order chi connectivity index (χ0) is 21.0. The molecule has 5 heteroatoms.